The molecule has 0 atom stereocenters. The van der Waals surface area contributed by atoms with Crippen molar-refractivity contribution in [3.63, 3.8) is 0 Å². The summed E-state index contributed by atoms with van der Waals surface area (Å²) in [4.78, 5) is 26.8. The zero-order valence-corrected chi connectivity index (χ0v) is 13.9. The van der Waals surface area contributed by atoms with Gasteiger partial charge >= 0.3 is 5.69 Å². The second kappa shape index (κ2) is 5.27. The van der Waals surface area contributed by atoms with E-state index in [1.807, 2.05) is 22.6 Å². The minimum Gasteiger partial charge on any atom is -0.303 e. The van der Waals surface area contributed by atoms with Crippen LogP contribution in [0.4, 0.5) is 10.1 Å². The summed E-state index contributed by atoms with van der Waals surface area (Å²) in [6, 6.07) is 6.21. The third kappa shape index (κ3) is 2.32. The second-order valence-corrected chi connectivity index (χ2v) is 6.18. The number of aryl methyl sites for hydroxylation is 2. The molecule has 2 N–H and O–H groups in total. The van der Waals surface area contributed by atoms with Crippen molar-refractivity contribution in [1.29, 1.82) is 0 Å². The molecule has 0 aliphatic rings. The molecule has 2 aromatic heterocycles. The number of H-pyrrole nitrogens is 1. The SMILES string of the molecule is Cc1cc2[nH]c(=O)n(Nc3ccc(I)cc3F)c2n(C)c1=O. The summed E-state index contributed by atoms with van der Waals surface area (Å²) >= 11 is 2.00. The van der Waals surface area contributed by atoms with Crippen molar-refractivity contribution in [2.75, 3.05) is 5.43 Å². The molecule has 0 bridgehead atoms. The number of pyridine rings is 1. The van der Waals surface area contributed by atoms with Crippen LogP contribution in [0.5, 0.6) is 0 Å². The highest BCUT2D eigenvalue weighted by Gasteiger charge is 2.14. The summed E-state index contributed by atoms with van der Waals surface area (Å²) in [5.74, 6) is -0.481. The smallest absolute Gasteiger partial charge is 0.303 e. The van der Waals surface area contributed by atoms with Crippen LogP contribution >= 0.6 is 22.6 Å². The average Bonchev–Trinajstić information content (AvgIpc) is 2.75. The van der Waals surface area contributed by atoms with E-state index < -0.39 is 11.5 Å². The Hall–Kier alpha value is -2.10. The third-order valence-electron chi connectivity index (χ3n) is 3.38. The number of nitrogens with one attached hydrogen (secondary N) is 2. The van der Waals surface area contributed by atoms with Gasteiger partial charge in [0.1, 0.15) is 5.82 Å². The van der Waals surface area contributed by atoms with Gasteiger partial charge in [-0.1, -0.05) is 0 Å². The van der Waals surface area contributed by atoms with Crippen molar-refractivity contribution < 1.29 is 4.39 Å². The Morgan fingerprint density at radius 3 is 2.68 bits per heavy atom. The molecule has 3 aromatic rings. The highest BCUT2D eigenvalue weighted by Crippen LogP contribution is 2.18. The normalized spacial score (nSPS) is 11.1. The molecule has 114 valence electrons. The van der Waals surface area contributed by atoms with E-state index in [2.05, 4.69) is 10.4 Å². The maximum atomic E-state index is 14.0. The third-order valence-corrected chi connectivity index (χ3v) is 4.05. The zero-order chi connectivity index (χ0) is 16.0. The fourth-order valence-electron chi connectivity index (χ4n) is 2.32. The number of fused-ring (bicyclic) bond motifs is 1. The van der Waals surface area contributed by atoms with Crippen molar-refractivity contribution in [2.45, 2.75) is 6.92 Å². The molecular formula is C14H12FIN4O2. The van der Waals surface area contributed by atoms with E-state index in [0.29, 0.717) is 16.7 Å². The van der Waals surface area contributed by atoms with Crippen molar-refractivity contribution in [2.24, 2.45) is 7.05 Å². The monoisotopic (exact) mass is 414 g/mol. The molecule has 0 radical (unpaired) electrons. The molecular weight excluding hydrogens is 402 g/mol. The van der Waals surface area contributed by atoms with Crippen LogP contribution in [0, 0.1) is 16.3 Å². The number of imidazole rings is 1. The Kier molecular flexibility index (Phi) is 3.55. The summed E-state index contributed by atoms with van der Waals surface area (Å²) < 4.78 is 17.2. The number of aromatic amines is 1. The molecule has 2 heterocycles. The van der Waals surface area contributed by atoms with Crippen LogP contribution < -0.4 is 16.7 Å². The van der Waals surface area contributed by atoms with Gasteiger partial charge in [-0.2, -0.15) is 4.68 Å². The first-order chi connectivity index (χ1) is 10.4. The van der Waals surface area contributed by atoms with Gasteiger partial charge in [-0.15, -0.1) is 0 Å². The Morgan fingerprint density at radius 2 is 2.00 bits per heavy atom. The van der Waals surface area contributed by atoms with Crippen LogP contribution in [0.2, 0.25) is 0 Å². The fraction of sp³-hybridized carbons (Fsp3) is 0.143. The molecule has 0 saturated heterocycles. The summed E-state index contributed by atoms with van der Waals surface area (Å²) in [7, 11) is 1.56. The van der Waals surface area contributed by atoms with E-state index in [-0.39, 0.29) is 11.2 Å². The number of hydrogen-bond acceptors (Lipinski definition) is 3. The molecule has 0 fully saturated rings. The summed E-state index contributed by atoms with van der Waals surface area (Å²) in [6.07, 6.45) is 0. The van der Waals surface area contributed by atoms with E-state index in [1.54, 1.807) is 26.1 Å². The van der Waals surface area contributed by atoms with Gasteiger partial charge < -0.3 is 4.98 Å². The Balaban J connectivity index is 2.23. The topological polar surface area (TPSA) is 71.8 Å². The van der Waals surface area contributed by atoms with Crippen LogP contribution in [0.3, 0.4) is 0 Å². The van der Waals surface area contributed by atoms with Crippen molar-refractivity contribution in [1.82, 2.24) is 14.2 Å². The molecule has 3 rings (SSSR count). The first-order valence-electron chi connectivity index (χ1n) is 6.42. The lowest BCUT2D eigenvalue weighted by atomic mass is 10.3. The van der Waals surface area contributed by atoms with E-state index >= 15 is 0 Å². The van der Waals surface area contributed by atoms with Crippen molar-refractivity contribution >= 4 is 39.4 Å². The van der Waals surface area contributed by atoms with Crippen LogP contribution in [-0.2, 0) is 7.05 Å². The molecule has 0 saturated carbocycles. The minimum absolute atomic E-state index is 0.149. The van der Waals surface area contributed by atoms with Gasteiger partial charge in [-0.3, -0.25) is 14.8 Å². The van der Waals surface area contributed by atoms with Gasteiger partial charge in [0.2, 0.25) is 0 Å². The number of rotatable bonds is 2. The average molecular weight is 414 g/mol. The zero-order valence-electron chi connectivity index (χ0n) is 11.8. The van der Waals surface area contributed by atoms with Crippen LogP contribution in [0.15, 0.2) is 33.9 Å². The first kappa shape index (κ1) is 14.8. The number of halogens is 2. The molecule has 6 nitrogen and oxygen atoms in total. The summed E-state index contributed by atoms with van der Waals surface area (Å²) in [6.45, 7) is 1.67. The number of anilines is 1. The van der Waals surface area contributed by atoms with Gasteiger partial charge in [-0.25, -0.2) is 9.18 Å². The quantitative estimate of drug-likeness (QED) is 0.630. The lowest BCUT2D eigenvalue weighted by molar-refractivity contribution is 0.626. The van der Waals surface area contributed by atoms with E-state index in [9.17, 15) is 14.0 Å². The van der Waals surface area contributed by atoms with Gasteiger partial charge in [0.05, 0.1) is 11.2 Å². The van der Waals surface area contributed by atoms with E-state index in [4.69, 9.17) is 0 Å². The largest absolute Gasteiger partial charge is 0.346 e. The molecule has 22 heavy (non-hydrogen) atoms. The summed E-state index contributed by atoms with van der Waals surface area (Å²) in [5, 5.41) is 0. The lowest BCUT2D eigenvalue weighted by Crippen LogP contribution is -2.28. The van der Waals surface area contributed by atoms with Crippen LogP contribution in [0.1, 0.15) is 5.56 Å². The van der Waals surface area contributed by atoms with Gasteiger partial charge in [0.25, 0.3) is 5.56 Å². The number of benzene rings is 1. The van der Waals surface area contributed by atoms with Gasteiger partial charge in [-0.05, 0) is 53.8 Å². The Labute approximate surface area is 137 Å². The van der Waals surface area contributed by atoms with Crippen molar-refractivity contribution in [3.8, 4) is 0 Å². The number of nitrogens with zero attached hydrogens (tertiary/aromatic N) is 2. The standard InChI is InChI=1S/C14H12FIN4O2/c1-7-5-11-12(19(2)13(7)21)20(14(22)17-11)18-10-4-3-8(16)6-9(10)15/h3-6,18H,1-2H3,(H,17,22). The molecule has 0 spiro atoms. The maximum Gasteiger partial charge on any atom is 0.346 e. The second-order valence-electron chi connectivity index (χ2n) is 4.93. The Morgan fingerprint density at radius 1 is 1.27 bits per heavy atom. The van der Waals surface area contributed by atoms with Gasteiger partial charge in [0, 0.05) is 16.2 Å². The highest BCUT2D eigenvalue weighted by molar-refractivity contribution is 14.1. The molecule has 0 aliphatic heterocycles. The predicted molar refractivity (Wildman–Crippen MR) is 90.7 cm³/mol. The number of aromatic nitrogens is 3. The van der Waals surface area contributed by atoms with E-state index in [1.165, 1.54) is 16.7 Å². The van der Waals surface area contributed by atoms with Crippen LogP contribution in [0.25, 0.3) is 11.2 Å². The molecule has 0 unspecified atom stereocenters. The highest BCUT2D eigenvalue weighted by atomic mass is 127. The Bertz CT molecular complexity index is 1000. The first-order valence-corrected chi connectivity index (χ1v) is 7.50. The van der Waals surface area contributed by atoms with E-state index in [0.717, 1.165) is 8.25 Å². The van der Waals surface area contributed by atoms with Gasteiger partial charge in [0.15, 0.2) is 5.65 Å². The molecule has 0 aliphatic carbocycles. The lowest BCUT2D eigenvalue weighted by Gasteiger charge is -2.11. The fourth-order valence-corrected chi connectivity index (χ4v) is 2.77. The molecule has 1 aromatic carbocycles. The minimum atomic E-state index is -0.481. The van der Waals surface area contributed by atoms with Crippen molar-refractivity contribution in [3.05, 3.63) is 60.1 Å². The van der Waals surface area contributed by atoms with Crippen LogP contribution in [-0.4, -0.2) is 14.2 Å². The maximum absolute atomic E-state index is 14.0. The molecule has 0 amide bonds. The summed E-state index contributed by atoms with van der Waals surface area (Å²) in [5.41, 5.74) is 3.53. The molecule has 8 heteroatoms. The predicted octanol–water partition coefficient (Wildman–Crippen LogP) is 1.96. The number of hydrogen-bond donors (Lipinski definition) is 2.